The van der Waals surface area contributed by atoms with Crippen molar-refractivity contribution in [3.63, 3.8) is 0 Å². The number of carbonyl (C=O) groups is 1. The molecule has 3 nitrogen and oxygen atoms in total. The lowest BCUT2D eigenvalue weighted by Gasteiger charge is -2.12. The number of hydrogen-bond donors (Lipinski definition) is 2. The molecule has 1 heterocycles. The molecule has 1 unspecified atom stereocenters. The SMILES string of the molecule is O=C(NCC1CCCN1)c1ccc(F)c2ccccc12. The zero-order chi connectivity index (χ0) is 13.9. The van der Waals surface area contributed by atoms with Crippen LogP contribution in [0, 0.1) is 5.82 Å². The van der Waals surface area contributed by atoms with E-state index in [-0.39, 0.29) is 11.7 Å². The van der Waals surface area contributed by atoms with Gasteiger partial charge < -0.3 is 10.6 Å². The van der Waals surface area contributed by atoms with E-state index in [4.69, 9.17) is 0 Å². The maximum atomic E-state index is 13.7. The van der Waals surface area contributed by atoms with E-state index < -0.39 is 0 Å². The van der Waals surface area contributed by atoms with Gasteiger partial charge in [-0.3, -0.25) is 4.79 Å². The van der Waals surface area contributed by atoms with Gasteiger partial charge in [0.1, 0.15) is 5.82 Å². The van der Waals surface area contributed by atoms with E-state index in [9.17, 15) is 9.18 Å². The average molecular weight is 272 g/mol. The molecule has 1 atom stereocenters. The Kier molecular flexibility index (Phi) is 3.65. The Morgan fingerprint density at radius 3 is 2.80 bits per heavy atom. The third kappa shape index (κ3) is 2.51. The smallest absolute Gasteiger partial charge is 0.251 e. The number of rotatable bonds is 3. The Hall–Kier alpha value is -1.94. The van der Waals surface area contributed by atoms with E-state index in [0.717, 1.165) is 19.4 Å². The van der Waals surface area contributed by atoms with Gasteiger partial charge in [0.15, 0.2) is 0 Å². The predicted molar refractivity (Wildman–Crippen MR) is 77.3 cm³/mol. The maximum Gasteiger partial charge on any atom is 0.251 e. The summed E-state index contributed by atoms with van der Waals surface area (Å²) >= 11 is 0. The zero-order valence-corrected chi connectivity index (χ0v) is 11.2. The van der Waals surface area contributed by atoms with Crippen molar-refractivity contribution in [1.82, 2.24) is 10.6 Å². The van der Waals surface area contributed by atoms with Crippen LogP contribution in [-0.4, -0.2) is 25.0 Å². The summed E-state index contributed by atoms with van der Waals surface area (Å²) < 4.78 is 13.7. The van der Waals surface area contributed by atoms with Crippen LogP contribution in [0.25, 0.3) is 10.8 Å². The van der Waals surface area contributed by atoms with Crippen molar-refractivity contribution in [2.75, 3.05) is 13.1 Å². The Bertz CT molecular complexity index is 635. The topological polar surface area (TPSA) is 41.1 Å². The fraction of sp³-hybridized carbons (Fsp3) is 0.312. The highest BCUT2D eigenvalue weighted by molar-refractivity contribution is 6.07. The Balaban J connectivity index is 1.82. The van der Waals surface area contributed by atoms with Crippen molar-refractivity contribution in [3.05, 3.63) is 47.8 Å². The summed E-state index contributed by atoms with van der Waals surface area (Å²) in [6.45, 7) is 1.63. The standard InChI is InChI=1S/C16H17FN2O/c17-15-8-7-14(12-5-1-2-6-13(12)15)16(20)19-10-11-4-3-9-18-11/h1-2,5-8,11,18H,3-4,9-10H2,(H,19,20). The molecule has 104 valence electrons. The molecular formula is C16H17FN2O. The van der Waals surface area contributed by atoms with Gasteiger partial charge in [-0.1, -0.05) is 24.3 Å². The van der Waals surface area contributed by atoms with E-state index >= 15 is 0 Å². The lowest BCUT2D eigenvalue weighted by atomic mass is 10.0. The third-order valence-corrected chi connectivity index (χ3v) is 3.79. The minimum absolute atomic E-state index is 0.144. The quantitative estimate of drug-likeness (QED) is 0.901. The minimum Gasteiger partial charge on any atom is -0.350 e. The molecule has 4 heteroatoms. The molecule has 3 rings (SSSR count). The van der Waals surface area contributed by atoms with Crippen molar-refractivity contribution in [1.29, 1.82) is 0 Å². The van der Waals surface area contributed by atoms with Crippen LogP contribution in [0.3, 0.4) is 0 Å². The Morgan fingerprint density at radius 1 is 1.25 bits per heavy atom. The van der Waals surface area contributed by atoms with Gasteiger partial charge in [0, 0.05) is 23.5 Å². The van der Waals surface area contributed by atoms with Gasteiger partial charge in [-0.25, -0.2) is 4.39 Å². The van der Waals surface area contributed by atoms with Crippen LogP contribution in [0.4, 0.5) is 4.39 Å². The summed E-state index contributed by atoms with van der Waals surface area (Å²) in [5.74, 6) is -0.440. The average Bonchev–Trinajstić information content (AvgIpc) is 2.99. The summed E-state index contributed by atoms with van der Waals surface area (Å²) in [5.41, 5.74) is 0.528. The summed E-state index contributed by atoms with van der Waals surface area (Å²) in [6.07, 6.45) is 2.24. The van der Waals surface area contributed by atoms with Gasteiger partial charge in [0.2, 0.25) is 0 Å². The molecule has 1 aliphatic rings. The normalized spacial score (nSPS) is 18.4. The lowest BCUT2D eigenvalue weighted by Crippen LogP contribution is -2.37. The van der Waals surface area contributed by atoms with Crippen LogP contribution >= 0.6 is 0 Å². The Morgan fingerprint density at radius 2 is 2.05 bits per heavy atom. The van der Waals surface area contributed by atoms with Crippen molar-refractivity contribution in [2.24, 2.45) is 0 Å². The monoisotopic (exact) mass is 272 g/mol. The first-order valence-electron chi connectivity index (χ1n) is 6.94. The highest BCUT2D eigenvalue weighted by Crippen LogP contribution is 2.21. The molecule has 2 aromatic carbocycles. The fourth-order valence-corrected chi connectivity index (χ4v) is 2.70. The van der Waals surface area contributed by atoms with Crippen molar-refractivity contribution in [3.8, 4) is 0 Å². The fourth-order valence-electron chi connectivity index (χ4n) is 2.70. The molecule has 1 saturated heterocycles. The first-order valence-corrected chi connectivity index (χ1v) is 6.94. The van der Waals surface area contributed by atoms with Crippen molar-refractivity contribution in [2.45, 2.75) is 18.9 Å². The third-order valence-electron chi connectivity index (χ3n) is 3.79. The summed E-state index contributed by atoms with van der Waals surface area (Å²) in [6, 6.07) is 10.3. The second kappa shape index (κ2) is 5.59. The van der Waals surface area contributed by atoms with E-state index in [1.807, 2.05) is 6.07 Å². The van der Waals surface area contributed by atoms with Crippen LogP contribution < -0.4 is 10.6 Å². The predicted octanol–water partition coefficient (Wildman–Crippen LogP) is 2.46. The maximum absolute atomic E-state index is 13.7. The largest absolute Gasteiger partial charge is 0.350 e. The molecule has 1 aliphatic heterocycles. The van der Waals surface area contributed by atoms with E-state index in [0.29, 0.717) is 28.9 Å². The second-order valence-corrected chi connectivity index (χ2v) is 5.14. The van der Waals surface area contributed by atoms with Crippen LogP contribution in [0.15, 0.2) is 36.4 Å². The molecule has 2 aromatic rings. The van der Waals surface area contributed by atoms with Gasteiger partial charge in [0.25, 0.3) is 5.91 Å². The molecule has 0 aromatic heterocycles. The number of fused-ring (bicyclic) bond motifs is 1. The van der Waals surface area contributed by atoms with Crippen LogP contribution in [0.5, 0.6) is 0 Å². The summed E-state index contributed by atoms with van der Waals surface area (Å²) in [7, 11) is 0. The number of amides is 1. The van der Waals surface area contributed by atoms with Gasteiger partial charge >= 0.3 is 0 Å². The second-order valence-electron chi connectivity index (χ2n) is 5.14. The minimum atomic E-state index is -0.297. The first kappa shape index (κ1) is 13.1. The number of carbonyl (C=O) groups excluding carboxylic acids is 1. The molecule has 1 fully saturated rings. The molecule has 1 amide bonds. The molecule has 0 saturated carbocycles. The molecule has 0 aliphatic carbocycles. The Labute approximate surface area is 117 Å². The van der Waals surface area contributed by atoms with Crippen molar-refractivity contribution < 1.29 is 9.18 Å². The van der Waals surface area contributed by atoms with Gasteiger partial charge in [0.05, 0.1) is 0 Å². The zero-order valence-electron chi connectivity index (χ0n) is 11.2. The highest BCUT2D eigenvalue weighted by Gasteiger charge is 2.16. The van der Waals surface area contributed by atoms with E-state index in [1.165, 1.54) is 6.07 Å². The first-order chi connectivity index (χ1) is 9.75. The molecule has 0 spiro atoms. The van der Waals surface area contributed by atoms with Crippen LogP contribution in [0.1, 0.15) is 23.2 Å². The molecule has 2 N–H and O–H groups in total. The van der Waals surface area contributed by atoms with Gasteiger partial charge in [-0.15, -0.1) is 0 Å². The number of benzene rings is 2. The summed E-state index contributed by atoms with van der Waals surface area (Å²) in [4.78, 5) is 12.3. The number of nitrogens with one attached hydrogen (secondary N) is 2. The molecule has 20 heavy (non-hydrogen) atoms. The van der Waals surface area contributed by atoms with E-state index in [1.54, 1.807) is 24.3 Å². The number of halogens is 1. The molecule has 0 radical (unpaired) electrons. The molecule has 0 bridgehead atoms. The van der Waals surface area contributed by atoms with E-state index in [2.05, 4.69) is 10.6 Å². The van der Waals surface area contributed by atoms with Gasteiger partial charge in [-0.2, -0.15) is 0 Å². The number of hydrogen-bond acceptors (Lipinski definition) is 2. The van der Waals surface area contributed by atoms with Crippen LogP contribution in [0.2, 0.25) is 0 Å². The lowest BCUT2D eigenvalue weighted by molar-refractivity contribution is 0.0952. The van der Waals surface area contributed by atoms with Crippen LogP contribution in [-0.2, 0) is 0 Å². The van der Waals surface area contributed by atoms with Crippen molar-refractivity contribution >= 4 is 16.7 Å². The highest BCUT2D eigenvalue weighted by atomic mass is 19.1. The summed E-state index contributed by atoms with van der Waals surface area (Å²) in [5, 5.41) is 7.41. The van der Waals surface area contributed by atoms with Gasteiger partial charge in [-0.05, 0) is 36.9 Å². The molecular weight excluding hydrogens is 255 g/mol.